The summed E-state index contributed by atoms with van der Waals surface area (Å²) < 4.78 is 0. The molecule has 5 nitrogen and oxygen atoms in total. The maximum atomic E-state index is 13.4. The van der Waals surface area contributed by atoms with Crippen molar-refractivity contribution >= 4 is 29.2 Å². The molecule has 0 aliphatic rings. The SMILES string of the molecule is CC(c1ccc(Cl)cc1)c1ccc(CN(C(=O)CCc2ccccc2)c2ccc(O)c(C(=O)O)c2)cc1. The van der Waals surface area contributed by atoms with Crippen LogP contribution in [0.2, 0.25) is 5.02 Å². The van der Waals surface area contributed by atoms with E-state index in [-0.39, 0.29) is 36.1 Å². The standard InChI is InChI=1S/C31H28ClNO4/c1-21(25-12-14-26(32)15-13-25)24-10-7-23(8-11-24)20-33(27-16-17-29(34)28(19-27)31(36)37)30(35)18-9-22-5-3-2-4-6-22/h2-8,10-17,19,21,34H,9,18,20H2,1H3,(H,36,37). The third-order valence-corrected chi connectivity index (χ3v) is 6.74. The molecule has 6 heteroatoms. The molecule has 0 aliphatic heterocycles. The lowest BCUT2D eigenvalue weighted by molar-refractivity contribution is -0.118. The number of anilines is 1. The summed E-state index contributed by atoms with van der Waals surface area (Å²) in [6.07, 6.45) is 0.830. The molecule has 0 aromatic heterocycles. The maximum Gasteiger partial charge on any atom is 0.339 e. The molecule has 0 saturated carbocycles. The Morgan fingerprint density at radius 1 is 0.838 bits per heavy atom. The highest BCUT2D eigenvalue weighted by Crippen LogP contribution is 2.28. The van der Waals surface area contributed by atoms with Crippen LogP contribution in [0.15, 0.2) is 97.1 Å². The van der Waals surface area contributed by atoms with Gasteiger partial charge >= 0.3 is 5.97 Å². The molecule has 0 aliphatic carbocycles. The van der Waals surface area contributed by atoms with Crippen LogP contribution >= 0.6 is 11.6 Å². The second kappa shape index (κ2) is 11.8. The summed E-state index contributed by atoms with van der Waals surface area (Å²) >= 11 is 6.02. The fourth-order valence-corrected chi connectivity index (χ4v) is 4.38. The Bertz CT molecular complexity index is 1370. The third-order valence-electron chi connectivity index (χ3n) is 6.48. The summed E-state index contributed by atoms with van der Waals surface area (Å²) in [7, 11) is 0. The highest BCUT2D eigenvalue weighted by atomic mass is 35.5. The second-order valence-electron chi connectivity index (χ2n) is 8.99. The van der Waals surface area contributed by atoms with Gasteiger partial charge in [0.15, 0.2) is 0 Å². The number of hydrogen-bond donors (Lipinski definition) is 2. The molecular weight excluding hydrogens is 486 g/mol. The number of benzene rings is 4. The Morgan fingerprint density at radius 3 is 2.08 bits per heavy atom. The number of halogens is 1. The van der Waals surface area contributed by atoms with Crippen molar-refractivity contribution in [1.82, 2.24) is 0 Å². The number of carbonyl (C=O) groups excluding carboxylic acids is 1. The number of carbonyl (C=O) groups is 2. The number of carboxylic acids is 1. The smallest absolute Gasteiger partial charge is 0.339 e. The van der Waals surface area contributed by atoms with E-state index >= 15 is 0 Å². The van der Waals surface area contributed by atoms with Crippen LogP contribution in [0, 0.1) is 0 Å². The molecule has 0 bridgehead atoms. The average molecular weight is 514 g/mol. The molecule has 1 unspecified atom stereocenters. The Labute approximate surface area is 221 Å². The van der Waals surface area contributed by atoms with Crippen molar-refractivity contribution in [1.29, 1.82) is 0 Å². The molecular formula is C31H28ClNO4. The normalized spacial score (nSPS) is 11.6. The Morgan fingerprint density at radius 2 is 1.46 bits per heavy atom. The number of nitrogens with zero attached hydrogens (tertiary/aromatic N) is 1. The van der Waals surface area contributed by atoms with E-state index in [9.17, 15) is 19.8 Å². The summed E-state index contributed by atoms with van der Waals surface area (Å²) in [6, 6.07) is 29.8. The van der Waals surface area contributed by atoms with Gasteiger partial charge in [-0.15, -0.1) is 0 Å². The van der Waals surface area contributed by atoms with Gasteiger partial charge < -0.3 is 15.1 Å². The number of rotatable bonds is 9. The van der Waals surface area contributed by atoms with Crippen molar-refractivity contribution in [3.63, 3.8) is 0 Å². The van der Waals surface area contributed by atoms with Gasteiger partial charge in [-0.05, 0) is 59.0 Å². The number of hydrogen-bond acceptors (Lipinski definition) is 3. The summed E-state index contributed by atoms with van der Waals surface area (Å²) in [5, 5.41) is 20.1. The van der Waals surface area contributed by atoms with Crippen LogP contribution in [-0.4, -0.2) is 22.1 Å². The van der Waals surface area contributed by atoms with Gasteiger partial charge in [0, 0.05) is 23.0 Å². The van der Waals surface area contributed by atoms with Gasteiger partial charge in [0.25, 0.3) is 0 Å². The molecule has 188 valence electrons. The predicted molar refractivity (Wildman–Crippen MR) is 146 cm³/mol. The van der Waals surface area contributed by atoms with Crippen LogP contribution in [-0.2, 0) is 17.8 Å². The van der Waals surface area contributed by atoms with Gasteiger partial charge in [0.05, 0.1) is 6.54 Å². The Hall–Kier alpha value is -4.09. The number of carboxylic acid groups (broad SMARTS) is 1. The summed E-state index contributed by atoms with van der Waals surface area (Å²) in [5.74, 6) is -1.56. The van der Waals surface area contributed by atoms with Crippen molar-refractivity contribution in [3.05, 3.63) is 130 Å². The van der Waals surface area contributed by atoms with Gasteiger partial charge in [0.1, 0.15) is 11.3 Å². The van der Waals surface area contributed by atoms with Gasteiger partial charge in [-0.25, -0.2) is 4.79 Å². The molecule has 37 heavy (non-hydrogen) atoms. The lowest BCUT2D eigenvalue weighted by Crippen LogP contribution is -2.30. The number of aromatic hydroxyl groups is 1. The molecule has 0 fully saturated rings. The topological polar surface area (TPSA) is 77.8 Å². The van der Waals surface area contributed by atoms with Gasteiger partial charge in [-0.3, -0.25) is 4.79 Å². The maximum absolute atomic E-state index is 13.4. The zero-order valence-corrected chi connectivity index (χ0v) is 21.2. The molecule has 4 aromatic carbocycles. The minimum absolute atomic E-state index is 0.135. The Kier molecular flexibility index (Phi) is 8.26. The van der Waals surface area contributed by atoms with E-state index in [4.69, 9.17) is 11.6 Å². The van der Waals surface area contributed by atoms with Crippen LogP contribution in [0.25, 0.3) is 0 Å². The first kappa shape index (κ1) is 26.0. The first-order valence-electron chi connectivity index (χ1n) is 12.1. The second-order valence-corrected chi connectivity index (χ2v) is 9.42. The first-order valence-corrected chi connectivity index (χ1v) is 12.4. The predicted octanol–water partition coefficient (Wildman–Crippen LogP) is 7.06. The van der Waals surface area contributed by atoms with Gasteiger partial charge in [0.2, 0.25) is 5.91 Å². The first-order chi connectivity index (χ1) is 17.8. The lowest BCUT2D eigenvalue weighted by atomic mass is 9.92. The molecule has 0 radical (unpaired) electrons. The van der Waals surface area contributed by atoms with E-state index in [1.807, 2.05) is 78.9 Å². The minimum atomic E-state index is -1.25. The minimum Gasteiger partial charge on any atom is -0.507 e. The summed E-state index contributed by atoms with van der Waals surface area (Å²) in [5.41, 5.74) is 4.42. The molecule has 4 aromatic rings. The molecule has 0 heterocycles. The quantitative estimate of drug-likeness (QED) is 0.251. The molecule has 1 amide bonds. The van der Waals surface area contributed by atoms with E-state index < -0.39 is 5.97 Å². The van der Waals surface area contributed by atoms with E-state index in [0.29, 0.717) is 17.1 Å². The van der Waals surface area contributed by atoms with Crippen LogP contribution < -0.4 is 4.90 Å². The van der Waals surface area contributed by atoms with Crippen molar-refractivity contribution < 1.29 is 19.8 Å². The average Bonchev–Trinajstić information content (AvgIpc) is 2.91. The van der Waals surface area contributed by atoms with E-state index in [1.54, 1.807) is 11.0 Å². The fourth-order valence-electron chi connectivity index (χ4n) is 4.26. The molecule has 0 spiro atoms. The van der Waals surface area contributed by atoms with Gasteiger partial charge in [-0.1, -0.05) is 85.3 Å². The van der Waals surface area contributed by atoms with E-state index in [2.05, 4.69) is 6.92 Å². The monoisotopic (exact) mass is 513 g/mol. The molecule has 1 atom stereocenters. The van der Waals surface area contributed by atoms with Gasteiger partial charge in [-0.2, -0.15) is 0 Å². The number of aromatic carboxylic acids is 1. The highest BCUT2D eigenvalue weighted by Gasteiger charge is 2.20. The molecule has 4 rings (SSSR count). The molecule has 2 N–H and O–H groups in total. The van der Waals surface area contributed by atoms with Crippen LogP contribution in [0.1, 0.15) is 51.9 Å². The number of phenols is 1. The van der Waals surface area contributed by atoms with E-state index in [0.717, 1.165) is 22.3 Å². The van der Waals surface area contributed by atoms with Crippen LogP contribution in [0.4, 0.5) is 5.69 Å². The third kappa shape index (κ3) is 6.57. The molecule has 0 saturated heterocycles. The summed E-state index contributed by atoms with van der Waals surface area (Å²) in [4.78, 5) is 26.6. The van der Waals surface area contributed by atoms with Crippen molar-refractivity contribution in [3.8, 4) is 5.75 Å². The van der Waals surface area contributed by atoms with Crippen LogP contribution in [0.5, 0.6) is 5.75 Å². The fraction of sp³-hybridized carbons (Fsp3) is 0.161. The zero-order valence-electron chi connectivity index (χ0n) is 20.5. The number of aryl methyl sites for hydroxylation is 1. The lowest BCUT2D eigenvalue weighted by Gasteiger charge is -2.24. The van der Waals surface area contributed by atoms with Crippen molar-refractivity contribution in [2.45, 2.75) is 32.2 Å². The van der Waals surface area contributed by atoms with E-state index in [1.165, 1.54) is 12.1 Å². The highest BCUT2D eigenvalue weighted by molar-refractivity contribution is 6.30. The van der Waals surface area contributed by atoms with Crippen molar-refractivity contribution in [2.75, 3.05) is 4.90 Å². The van der Waals surface area contributed by atoms with Crippen LogP contribution in [0.3, 0.4) is 0 Å². The Balaban J connectivity index is 1.57. The number of amides is 1. The largest absolute Gasteiger partial charge is 0.507 e. The van der Waals surface area contributed by atoms with Crippen molar-refractivity contribution in [2.24, 2.45) is 0 Å². The summed E-state index contributed by atoms with van der Waals surface area (Å²) in [6.45, 7) is 2.40. The zero-order chi connectivity index (χ0) is 26.4.